The molecule has 0 amide bonds. The third kappa shape index (κ3) is 1.57. The molecular weight excluding hydrogens is 224 g/mol. The number of methoxy groups -OCH3 is 1. The number of nitrogens with one attached hydrogen (secondary N) is 1. The van der Waals surface area contributed by atoms with E-state index in [-0.39, 0.29) is 5.82 Å². The lowest BCUT2D eigenvalue weighted by atomic mass is 10.2. The summed E-state index contributed by atoms with van der Waals surface area (Å²) in [7, 11) is 1.31. The van der Waals surface area contributed by atoms with Crippen molar-refractivity contribution in [2.45, 2.75) is 0 Å². The maximum Gasteiger partial charge on any atom is 0.374 e. The summed E-state index contributed by atoms with van der Waals surface area (Å²) in [6.07, 6.45) is 0. The van der Waals surface area contributed by atoms with Crippen molar-refractivity contribution in [3.8, 4) is 11.5 Å². The van der Waals surface area contributed by atoms with Gasteiger partial charge in [-0.1, -0.05) is 0 Å². The van der Waals surface area contributed by atoms with E-state index in [1.54, 1.807) is 12.1 Å². The predicted molar refractivity (Wildman–Crippen MR) is 58.4 cm³/mol. The fourth-order valence-corrected chi connectivity index (χ4v) is 1.74. The van der Waals surface area contributed by atoms with Crippen molar-refractivity contribution in [1.82, 2.24) is 9.97 Å². The maximum absolute atomic E-state index is 11.3. The minimum absolute atomic E-state index is 0.171. The van der Waals surface area contributed by atoms with Crippen LogP contribution < -0.4 is 9.47 Å². The Morgan fingerprint density at radius 3 is 2.76 bits per heavy atom. The molecule has 0 aliphatic carbocycles. The smallest absolute Gasteiger partial charge is 0.374 e. The molecule has 88 valence electrons. The Balaban J connectivity index is 2.12. The van der Waals surface area contributed by atoms with E-state index in [1.807, 2.05) is 0 Å². The van der Waals surface area contributed by atoms with Crippen LogP contribution in [-0.4, -0.2) is 36.3 Å². The minimum atomic E-state index is -0.499. The molecule has 2 heterocycles. The van der Waals surface area contributed by atoms with Crippen LogP contribution in [0.1, 0.15) is 10.6 Å². The van der Waals surface area contributed by atoms with Crippen LogP contribution in [0.3, 0.4) is 0 Å². The van der Waals surface area contributed by atoms with E-state index in [1.165, 1.54) is 7.11 Å². The number of benzene rings is 1. The Labute approximate surface area is 96.5 Å². The second-order valence-corrected chi connectivity index (χ2v) is 3.59. The lowest BCUT2D eigenvalue weighted by molar-refractivity contribution is 0.0588. The molecule has 3 rings (SSSR count). The highest BCUT2D eigenvalue weighted by atomic mass is 16.6. The van der Waals surface area contributed by atoms with Crippen molar-refractivity contribution >= 4 is 17.0 Å². The van der Waals surface area contributed by atoms with Gasteiger partial charge in [-0.25, -0.2) is 9.78 Å². The Morgan fingerprint density at radius 2 is 2.06 bits per heavy atom. The monoisotopic (exact) mass is 234 g/mol. The van der Waals surface area contributed by atoms with Gasteiger partial charge >= 0.3 is 5.97 Å². The highest BCUT2D eigenvalue weighted by Gasteiger charge is 2.17. The molecule has 0 unspecified atom stereocenters. The molecule has 0 fully saturated rings. The first-order valence-corrected chi connectivity index (χ1v) is 5.15. The Kier molecular flexibility index (Phi) is 2.14. The maximum atomic E-state index is 11.3. The van der Waals surface area contributed by atoms with Crippen molar-refractivity contribution in [2.24, 2.45) is 0 Å². The number of aromatic amines is 1. The van der Waals surface area contributed by atoms with Gasteiger partial charge in [-0.15, -0.1) is 0 Å². The fourth-order valence-electron chi connectivity index (χ4n) is 1.74. The van der Waals surface area contributed by atoms with Gasteiger partial charge in [0.05, 0.1) is 18.1 Å². The average molecular weight is 234 g/mol. The van der Waals surface area contributed by atoms with Gasteiger partial charge < -0.3 is 19.2 Å². The molecular formula is C11H10N2O4. The molecule has 1 aliphatic heterocycles. The van der Waals surface area contributed by atoms with Crippen LogP contribution in [0.25, 0.3) is 11.0 Å². The van der Waals surface area contributed by atoms with Crippen molar-refractivity contribution in [3.05, 3.63) is 18.0 Å². The van der Waals surface area contributed by atoms with Crippen LogP contribution in [0.2, 0.25) is 0 Å². The van der Waals surface area contributed by atoms with Crippen molar-refractivity contribution in [2.75, 3.05) is 20.3 Å². The summed E-state index contributed by atoms with van der Waals surface area (Å²) in [4.78, 5) is 18.3. The molecule has 0 radical (unpaired) electrons. The lowest BCUT2D eigenvalue weighted by Gasteiger charge is -2.17. The molecule has 1 aliphatic rings. The summed E-state index contributed by atoms with van der Waals surface area (Å²) in [6.45, 7) is 1.04. The summed E-state index contributed by atoms with van der Waals surface area (Å²) in [5.41, 5.74) is 1.37. The van der Waals surface area contributed by atoms with Gasteiger partial charge in [0.15, 0.2) is 11.5 Å². The highest BCUT2D eigenvalue weighted by Crippen LogP contribution is 2.33. The molecule has 2 aromatic rings. The highest BCUT2D eigenvalue weighted by molar-refractivity contribution is 5.91. The molecule has 6 heteroatoms. The molecule has 0 bridgehead atoms. The predicted octanol–water partition coefficient (Wildman–Crippen LogP) is 1.12. The first-order chi connectivity index (χ1) is 8.28. The number of nitrogens with zero attached hydrogens (tertiary/aromatic N) is 1. The number of hydrogen-bond donors (Lipinski definition) is 1. The van der Waals surface area contributed by atoms with Crippen LogP contribution in [0.5, 0.6) is 11.5 Å². The normalized spacial score (nSPS) is 13.7. The molecule has 1 aromatic heterocycles. The molecule has 0 spiro atoms. The number of carbonyl (C=O) groups is 1. The SMILES string of the molecule is COC(=O)c1nc2cc3c(cc2[nH]1)OCCO3. The third-order valence-corrected chi connectivity index (χ3v) is 2.52. The van der Waals surface area contributed by atoms with E-state index in [4.69, 9.17) is 9.47 Å². The van der Waals surface area contributed by atoms with Gasteiger partial charge in [0, 0.05) is 12.1 Å². The lowest BCUT2D eigenvalue weighted by Crippen LogP contribution is -2.15. The van der Waals surface area contributed by atoms with Crippen LogP contribution in [0, 0.1) is 0 Å². The molecule has 17 heavy (non-hydrogen) atoms. The van der Waals surface area contributed by atoms with Crippen molar-refractivity contribution < 1.29 is 19.0 Å². The first-order valence-electron chi connectivity index (χ1n) is 5.15. The topological polar surface area (TPSA) is 73.4 Å². The molecule has 6 nitrogen and oxygen atoms in total. The number of aromatic nitrogens is 2. The van der Waals surface area contributed by atoms with E-state index in [9.17, 15) is 4.79 Å². The number of hydrogen-bond acceptors (Lipinski definition) is 5. The summed E-state index contributed by atoms with van der Waals surface area (Å²) < 4.78 is 15.5. The largest absolute Gasteiger partial charge is 0.486 e. The number of carbonyl (C=O) groups excluding carboxylic acids is 1. The van der Waals surface area contributed by atoms with Crippen LogP contribution in [-0.2, 0) is 4.74 Å². The number of H-pyrrole nitrogens is 1. The number of imidazole rings is 1. The van der Waals surface area contributed by atoms with E-state index in [2.05, 4.69) is 14.7 Å². The molecule has 0 saturated carbocycles. The summed E-state index contributed by atoms with van der Waals surface area (Å²) >= 11 is 0. The Morgan fingerprint density at radius 1 is 1.35 bits per heavy atom. The fraction of sp³-hybridized carbons (Fsp3) is 0.273. The van der Waals surface area contributed by atoms with Crippen molar-refractivity contribution in [3.63, 3.8) is 0 Å². The number of rotatable bonds is 1. The second-order valence-electron chi connectivity index (χ2n) is 3.59. The number of fused-ring (bicyclic) bond motifs is 2. The van der Waals surface area contributed by atoms with Gasteiger partial charge in [0.1, 0.15) is 13.2 Å². The minimum Gasteiger partial charge on any atom is -0.486 e. The standard InChI is InChI=1S/C11H10N2O4/c1-15-11(14)10-12-6-4-8-9(5-7(6)13-10)17-3-2-16-8/h4-5H,2-3H2,1H3,(H,12,13). The van der Waals surface area contributed by atoms with E-state index in [0.717, 1.165) is 5.52 Å². The van der Waals surface area contributed by atoms with Gasteiger partial charge in [-0.3, -0.25) is 0 Å². The summed E-state index contributed by atoms with van der Waals surface area (Å²) in [5, 5.41) is 0. The van der Waals surface area contributed by atoms with E-state index in [0.29, 0.717) is 30.2 Å². The van der Waals surface area contributed by atoms with E-state index < -0.39 is 5.97 Å². The zero-order valence-electron chi connectivity index (χ0n) is 9.15. The zero-order chi connectivity index (χ0) is 11.8. The van der Waals surface area contributed by atoms with Crippen LogP contribution >= 0.6 is 0 Å². The van der Waals surface area contributed by atoms with E-state index >= 15 is 0 Å². The Hall–Kier alpha value is -2.24. The number of ether oxygens (including phenoxy) is 3. The summed E-state index contributed by atoms with van der Waals surface area (Å²) in [5.74, 6) is 0.973. The molecule has 0 atom stereocenters. The zero-order valence-corrected chi connectivity index (χ0v) is 9.15. The number of esters is 1. The second kappa shape index (κ2) is 3.65. The van der Waals surface area contributed by atoms with Gasteiger partial charge in [0.2, 0.25) is 5.82 Å². The third-order valence-electron chi connectivity index (χ3n) is 2.52. The average Bonchev–Trinajstić information content (AvgIpc) is 2.77. The van der Waals surface area contributed by atoms with Crippen molar-refractivity contribution in [1.29, 1.82) is 0 Å². The first kappa shape index (κ1) is 9.95. The summed E-state index contributed by atoms with van der Waals surface area (Å²) in [6, 6.07) is 3.51. The van der Waals surface area contributed by atoms with Crippen LogP contribution in [0.4, 0.5) is 0 Å². The molecule has 0 saturated heterocycles. The van der Waals surface area contributed by atoms with Gasteiger partial charge in [-0.2, -0.15) is 0 Å². The Bertz CT molecular complexity index is 547. The molecule has 1 N–H and O–H groups in total. The molecule has 1 aromatic carbocycles. The van der Waals surface area contributed by atoms with Gasteiger partial charge in [0.25, 0.3) is 0 Å². The van der Waals surface area contributed by atoms with Crippen LogP contribution in [0.15, 0.2) is 12.1 Å². The van der Waals surface area contributed by atoms with Gasteiger partial charge in [-0.05, 0) is 0 Å². The quantitative estimate of drug-likeness (QED) is 0.748.